The second-order valence-electron chi connectivity index (χ2n) is 2.97. The van der Waals surface area contributed by atoms with Crippen molar-refractivity contribution in [3.8, 4) is 0 Å². The molecule has 0 fully saturated rings. The van der Waals surface area contributed by atoms with Crippen molar-refractivity contribution in [3.63, 3.8) is 0 Å². The van der Waals surface area contributed by atoms with E-state index in [1.165, 1.54) is 6.42 Å². The molecule has 0 atom stereocenters. The number of aromatic nitrogens is 3. The Morgan fingerprint density at radius 2 is 2.09 bits per heavy atom. The molecule has 60 valence electrons. The summed E-state index contributed by atoms with van der Waals surface area (Å²) < 4.78 is 2.16. The van der Waals surface area contributed by atoms with Gasteiger partial charge in [-0.15, -0.1) is 10.2 Å². The van der Waals surface area contributed by atoms with Crippen molar-refractivity contribution in [1.29, 1.82) is 0 Å². The maximum absolute atomic E-state index is 4.08. The van der Waals surface area contributed by atoms with Crippen LogP contribution in [0.3, 0.4) is 0 Å². The summed E-state index contributed by atoms with van der Waals surface area (Å²) in [5, 5.41) is 8.10. The van der Waals surface area contributed by atoms with E-state index in [1.807, 2.05) is 6.92 Å². The lowest BCUT2D eigenvalue weighted by atomic mass is 10.3. The molecule has 0 amide bonds. The van der Waals surface area contributed by atoms with E-state index in [0.717, 1.165) is 24.9 Å². The van der Waals surface area contributed by atoms with Crippen LogP contribution in [0, 0.1) is 6.92 Å². The van der Waals surface area contributed by atoms with Gasteiger partial charge in [-0.1, -0.05) is 0 Å². The van der Waals surface area contributed by atoms with E-state index in [4.69, 9.17) is 0 Å². The minimum atomic E-state index is 1.01. The lowest BCUT2D eigenvalue weighted by molar-refractivity contribution is 0.569. The fourth-order valence-electron chi connectivity index (χ4n) is 1.48. The average molecular weight is 152 g/mol. The predicted molar refractivity (Wildman–Crippen MR) is 42.6 cm³/mol. The number of hydrogen-bond acceptors (Lipinski definition) is 3. The van der Waals surface area contributed by atoms with Gasteiger partial charge in [0, 0.05) is 20.1 Å². The van der Waals surface area contributed by atoms with Gasteiger partial charge in [0.25, 0.3) is 0 Å². The fraction of sp³-hybridized carbons (Fsp3) is 0.714. The highest BCUT2D eigenvalue weighted by Gasteiger charge is 2.16. The second-order valence-corrected chi connectivity index (χ2v) is 2.97. The predicted octanol–water partition coefficient (Wildman–Crippen LogP) is 0.426. The van der Waals surface area contributed by atoms with Crippen molar-refractivity contribution >= 4 is 5.95 Å². The molecular weight excluding hydrogens is 140 g/mol. The first kappa shape index (κ1) is 6.64. The summed E-state index contributed by atoms with van der Waals surface area (Å²) in [6.45, 7) is 4.16. The van der Waals surface area contributed by atoms with Crippen LogP contribution in [0.4, 0.5) is 5.95 Å². The lowest BCUT2D eigenvalue weighted by Gasteiger charge is -2.24. The number of anilines is 1. The summed E-state index contributed by atoms with van der Waals surface area (Å²) in [7, 11) is 2.05. The highest BCUT2D eigenvalue weighted by atomic mass is 15.4. The third-order valence-corrected chi connectivity index (χ3v) is 2.13. The maximum Gasteiger partial charge on any atom is 0.226 e. The Bertz CT molecular complexity index is 265. The molecule has 0 unspecified atom stereocenters. The first-order valence-corrected chi connectivity index (χ1v) is 3.90. The van der Waals surface area contributed by atoms with Crippen molar-refractivity contribution in [3.05, 3.63) is 5.82 Å². The van der Waals surface area contributed by atoms with Gasteiger partial charge < -0.3 is 4.90 Å². The molecule has 0 aromatic carbocycles. The van der Waals surface area contributed by atoms with Crippen LogP contribution in [0.5, 0.6) is 0 Å². The summed E-state index contributed by atoms with van der Waals surface area (Å²) in [4.78, 5) is 2.14. The Labute approximate surface area is 65.8 Å². The maximum atomic E-state index is 4.08. The van der Waals surface area contributed by atoms with Crippen LogP contribution in [0.15, 0.2) is 0 Å². The zero-order valence-electron chi connectivity index (χ0n) is 6.91. The van der Waals surface area contributed by atoms with Crippen LogP contribution in [0.1, 0.15) is 12.2 Å². The lowest BCUT2D eigenvalue weighted by Crippen LogP contribution is -2.28. The molecule has 0 saturated heterocycles. The van der Waals surface area contributed by atoms with E-state index in [9.17, 15) is 0 Å². The summed E-state index contributed by atoms with van der Waals surface area (Å²) in [5.74, 6) is 2.03. The van der Waals surface area contributed by atoms with Gasteiger partial charge in [-0.05, 0) is 13.3 Å². The molecule has 0 aliphatic carbocycles. The molecule has 0 bridgehead atoms. The molecule has 2 rings (SSSR count). The third-order valence-electron chi connectivity index (χ3n) is 2.13. The molecule has 4 heteroatoms. The molecular formula is C7H12N4. The highest BCUT2D eigenvalue weighted by Crippen LogP contribution is 2.16. The number of fused-ring (bicyclic) bond motifs is 1. The number of nitrogens with zero attached hydrogens (tertiary/aromatic N) is 4. The van der Waals surface area contributed by atoms with Crippen LogP contribution in [0.2, 0.25) is 0 Å². The molecule has 0 saturated carbocycles. The average Bonchev–Trinajstić information content (AvgIpc) is 2.35. The highest BCUT2D eigenvalue weighted by molar-refractivity contribution is 5.30. The second kappa shape index (κ2) is 2.22. The van der Waals surface area contributed by atoms with Crippen molar-refractivity contribution in [2.24, 2.45) is 0 Å². The standard InChI is InChI=1S/C7H12N4/c1-6-8-9-7-10(2)4-3-5-11(6)7/h3-5H2,1-2H3. The van der Waals surface area contributed by atoms with Gasteiger partial charge in [0.1, 0.15) is 5.82 Å². The first-order valence-electron chi connectivity index (χ1n) is 3.90. The Balaban J connectivity index is 2.46. The van der Waals surface area contributed by atoms with E-state index in [-0.39, 0.29) is 0 Å². The van der Waals surface area contributed by atoms with Crippen molar-refractivity contribution in [2.75, 3.05) is 18.5 Å². The van der Waals surface area contributed by atoms with Crippen LogP contribution in [0.25, 0.3) is 0 Å². The molecule has 1 aliphatic heterocycles. The Hall–Kier alpha value is -1.06. The van der Waals surface area contributed by atoms with Gasteiger partial charge in [-0.3, -0.25) is 4.57 Å². The van der Waals surface area contributed by atoms with E-state index >= 15 is 0 Å². The zero-order valence-corrected chi connectivity index (χ0v) is 6.91. The van der Waals surface area contributed by atoms with Crippen molar-refractivity contribution in [1.82, 2.24) is 14.8 Å². The molecule has 1 aromatic rings. The zero-order chi connectivity index (χ0) is 7.84. The molecule has 0 N–H and O–H groups in total. The van der Waals surface area contributed by atoms with E-state index < -0.39 is 0 Å². The minimum Gasteiger partial charge on any atom is -0.344 e. The van der Waals surface area contributed by atoms with Crippen LogP contribution >= 0.6 is 0 Å². The fourth-order valence-corrected chi connectivity index (χ4v) is 1.48. The summed E-state index contributed by atoms with van der Waals surface area (Å²) in [6.07, 6.45) is 1.20. The Kier molecular flexibility index (Phi) is 1.34. The Morgan fingerprint density at radius 1 is 1.27 bits per heavy atom. The van der Waals surface area contributed by atoms with E-state index in [0.29, 0.717) is 0 Å². The molecule has 11 heavy (non-hydrogen) atoms. The normalized spacial score (nSPS) is 16.7. The summed E-state index contributed by atoms with van der Waals surface area (Å²) in [6, 6.07) is 0. The quantitative estimate of drug-likeness (QED) is 0.540. The van der Waals surface area contributed by atoms with Crippen LogP contribution < -0.4 is 4.90 Å². The summed E-state index contributed by atoms with van der Waals surface area (Å²) in [5.41, 5.74) is 0. The van der Waals surface area contributed by atoms with E-state index in [1.54, 1.807) is 0 Å². The van der Waals surface area contributed by atoms with Gasteiger partial charge in [0.2, 0.25) is 5.95 Å². The number of rotatable bonds is 0. The third kappa shape index (κ3) is 0.895. The smallest absolute Gasteiger partial charge is 0.226 e. The number of hydrogen-bond donors (Lipinski definition) is 0. The first-order chi connectivity index (χ1) is 5.29. The van der Waals surface area contributed by atoms with Gasteiger partial charge >= 0.3 is 0 Å². The SMILES string of the molecule is Cc1nnc2n1CCCN2C. The molecule has 4 nitrogen and oxygen atoms in total. The molecule has 1 aromatic heterocycles. The number of aryl methyl sites for hydroxylation is 1. The van der Waals surface area contributed by atoms with Crippen molar-refractivity contribution < 1.29 is 0 Å². The molecule has 2 heterocycles. The van der Waals surface area contributed by atoms with E-state index in [2.05, 4.69) is 26.7 Å². The van der Waals surface area contributed by atoms with Gasteiger partial charge in [-0.2, -0.15) is 0 Å². The Morgan fingerprint density at radius 3 is 2.82 bits per heavy atom. The van der Waals surface area contributed by atoms with Crippen LogP contribution in [-0.4, -0.2) is 28.4 Å². The van der Waals surface area contributed by atoms with Crippen LogP contribution in [-0.2, 0) is 6.54 Å². The van der Waals surface area contributed by atoms with Gasteiger partial charge in [-0.25, -0.2) is 0 Å². The monoisotopic (exact) mass is 152 g/mol. The molecule has 0 spiro atoms. The van der Waals surface area contributed by atoms with Gasteiger partial charge in [0.15, 0.2) is 0 Å². The molecule has 1 aliphatic rings. The summed E-state index contributed by atoms with van der Waals surface area (Å²) >= 11 is 0. The minimum absolute atomic E-state index is 1.01. The molecule has 0 radical (unpaired) electrons. The topological polar surface area (TPSA) is 34.0 Å². The van der Waals surface area contributed by atoms with Crippen molar-refractivity contribution in [2.45, 2.75) is 19.9 Å². The largest absolute Gasteiger partial charge is 0.344 e. The van der Waals surface area contributed by atoms with Gasteiger partial charge in [0.05, 0.1) is 0 Å².